The van der Waals surface area contributed by atoms with Crippen LogP contribution in [0.1, 0.15) is 47.1 Å². The number of rotatable bonds is 5. The molecule has 1 aromatic carbocycles. The number of ketones is 1. The van der Waals surface area contributed by atoms with Crippen LogP contribution in [0.4, 0.5) is 10.1 Å². The maximum Gasteiger partial charge on any atom is 0.237 e. The Kier molecular flexibility index (Phi) is 6.20. The molecule has 0 N–H and O–H groups in total. The topological polar surface area (TPSA) is 43.9 Å². The van der Waals surface area contributed by atoms with E-state index in [0.717, 1.165) is 19.4 Å². The number of nitrogens with zero attached hydrogens (tertiary/aromatic N) is 3. The SMILES string of the molecule is CCC1c2ccsc2CCN1C(=O)CN1CCN(c2ccc(C(C)=O)cc2F)CC1. The number of thiophene rings is 1. The van der Waals surface area contributed by atoms with Crippen LogP contribution in [0.3, 0.4) is 0 Å². The fraction of sp³-hybridized carbons (Fsp3) is 0.478. The second-order valence-electron chi connectivity index (χ2n) is 8.05. The van der Waals surface area contributed by atoms with E-state index in [1.54, 1.807) is 23.5 Å². The largest absolute Gasteiger partial charge is 0.367 e. The van der Waals surface area contributed by atoms with E-state index in [9.17, 15) is 14.0 Å². The summed E-state index contributed by atoms with van der Waals surface area (Å²) in [5.74, 6) is -0.316. The average Bonchev–Trinajstić information content (AvgIpc) is 3.22. The number of Topliss-reactive ketones (excluding diaryl/α,β-unsaturated/α-hetero) is 1. The molecule has 7 heteroatoms. The van der Waals surface area contributed by atoms with Gasteiger partial charge in [0.05, 0.1) is 18.3 Å². The van der Waals surface area contributed by atoms with Gasteiger partial charge in [0.2, 0.25) is 5.91 Å². The van der Waals surface area contributed by atoms with Crippen LogP contribution in [-0.2, 0) is 11.2 Å². The predicted molar refractivity (Wildman–Crippen MR) is 118 cm³/mol. The van der Waals surface area contributed by atoms with Crippen LogP contribution in [0, 0.1) is 5.82 Å². The fourth-order valence-electron chi connectivity index (χ4n) is 4.55. The first-order valence-corrected chi connectivity index (χ1v) is 11.5. The zero-order valence-electron chi connectivity index (χ0n) is 17.6. The van der Waals surface area contributed by atoms with E-state index in [1.807, 2.05) is 9.80 Å². The highest BCUT2D eigenvalue weighted by molar-refractivity contribution is 7.10. The van der Waals surface area contributed by atoms with E-state index >= 15 is 0 Å². The van der Waals surface area contributed by atoms with Gasteiger partial charge in [-0.3, -0.25) is 14.5 Å². The first kappa shape index (κ1) is 21.0. The molecule has 0 spiro atoms. The summed E-state index contributed by atoms with van der Waals surface area (Å²) in [6.45, 7) is 7.54. The molecule has 4 rings (SSSR count). The van der Waals surface area contributed by atoms with Gasteiger partial charge in [-0.2, -0.15) is 0 Å². The summed E-state index contributed by atoms with van der Waals surface area (Å²) in [6, 6.07) is 7.02. The smallest absolute Gasteiger partial charge is 0.237 e. The molecule has 0 aliphatic carbocycles. The van der Waals surface area contributed by atoms with E-state index < -0.39 is 0 Å². The maximum atomic E-state index is 14.5. The van der Waals surface area contributed by atoms with Crippen molar-refractivity contribution in [3.05, 3.63) is 51.5 Å². The van der Waals surface area contributed by atoms with Gasteiger partial charge in [0, 0.05) is 43.2 Å². The summed E-state index contributed by atoms with van der Waals surface area (Å²) in [5.41, 5.74) is 2.23. The molecule has 1 aromatic heterocycles. The van der Waals surface area contributed by atoms with E-state index in [-0.39, 0.29) is 23.5 Å². The number of piperazine rings is 1. The Bertz CT molecular complexity index is 936. The molecule has 1 fully saturated rings. The molecule has 0 radical (unpaired) electrons. The van der Waals surface area contributed by atoms with Crippen LogP contribution in [-0.4, -0.2) is 60.8 Å². The number of halogens is 1. The third-order valence-electron chi connectivity index (χ3n) is 6.23. The number of amides is 1. The lowest BCUT2D eigenvalue weighted by atomic mass is 9.97. The zero-order chi connectivity index (χ0) is 21.3. The Morgan fingerprint density at radius 3 is 2.57 bits per heavy atom. The molecule has 1 saturated heterocycles. The zero-order valence-corrected chi connectivity index (χ0v) is 18.4. The van der Waals surface area contributed by atoms with Crippen LogP contribution >= 0.6 is 11.3 Å². The number of carbonyl (C=O) groups excluding carboxylic acids is 2. The molecule has 0 saturated carbocycles. The molecule has 2 aliphatic heterocycles. The second kappa shape index (κ2) is 8.86. The highest BCUT2D eigenvalue weighted by atomic mass is 32.1. The van der Waals surface area contributed by atoms with Crippen LogP contribution in [0.2, 0.25) is 0 Å². The van der Waals surface area contributed by atoms with Gasteiger partial charge in [0.15, 0.2) is 5.78 Å². The molecule has 2 aliphatic rings. The second-order valence-corrected chi connectivity index (χ2v) is 9.05. The molecule has 1 atom stereocenters. The Labute approximate surface area is 181 Å². The van der Waals surface area contributed by atoms with Crippen molar-refractivity contribution in [3.8, 4) is 0 Å². The normalized spacial score (nSPS) is 19.6. The van der Waals surface area contributed by atoms with Gasteiger partial charge < -0.3 is 9.80 Å². The molecule has 0 bridgehead atoms. The maximum absolute atomic E-state index is 14.5. The highest BCUT2D eigenvalue weighted by Gasteiger charge is 2.31. The minimum atomic E-state index is -0.363. The summed E-state index contributed by atoms with van der Waals surface area (Å²) in [5, 5.41) is 2.13. The minimum absolute atomic E-state index is 0.138. The van der Waals surface area contributed by atoms with Crippen molar-refractivity contribution in [2.24, 2.45) is 0 Å². The van der Waals surface area contributed by atoms with Crippen molar-refractivity contribution in [1.82, 2.24) is 9.80 Å². The van der Waals surface area contributed by atoms with Crippen molar-refractivity contribution in [1.29, 1.82) is 0 Å². The van der Waals surface area contributed by atoms with Gasteiger partial charge in [-0.15, -0.1) is 11.3 Å². The molecule has 3 heterocycles. The van der Waals surface area contributed by atoms with Crippen molar-refractivity contribution in [2.75, 3.05) is 44.2 Å². The van der Waals surface area contributed by atoms with E-state index in [2.05, 4.69) is 23.3 Å². The third kappa shape index (κ3) is 4.14. The third-order valence-corrected chi connectivity index (χ3v) is 7.22. The summed E-state index contributed by atoms with van der Waals surface area (Å²) >= 11 is 1.79. The molecule has 5 nitrogen and oxygen atoms in total. The predicted octanol–water partition coefficient (Wildman–Crippen LogP) is 3.75. The van der Waals surface area contributed by atoms with Crippen LogP contribution in [0.15, 0.2) is 29.6 Å². The van der Waals surface area contributed by atoms with Gasteiger partial charge in [-0.1, -0.05) is 6.92 Å². The molecule has 30 heavy (non-hydrogen) atoms. The summed E-state index contributed by atoms with van der Waals surface area (Å²) in [7, 11) is 0. The highest BCUT2D eigenvalue weighted by Crippen LogP contribution is 2.35. The van der Waals surface area contributed by atoms with Gasteiger partial charge in [0.1, 0.15) is 5.82 Å². The van der Waals surface area contributed by atoms with Crippen molar-refractivity contribution in [2.45, 2.75) is 32.7 Å². The first-order chi connectivity index (χ1) is 14.5. The summed E-state index contributed by atoms with van der Waals surface area (Å²) in [6.07, 6.45) is 1.87. The molecular formula is C23H28FN3O2S. The van der Waals surface area contributed by atoms with Crippen molar-refractivity contribution >= 4 is 28.7 Å². The Hall–Kier alpha value is -2.25. The van der Waals surface area contributed by atoms with E-state index in [0.29, 0.717) is 44.0 Å². The summed E-state index contributed by atoms with van der Waals surface area (Å²) in [4.78, 5) is 32.1. The Morgan fingerprint density at radius 2 is 1.90 bits per heavy atom. The Balaban J connectivity index is 1.35. The first-order valence-electron chi connectivity index (χ1n) is 10.6. The average molecular weight is 430 g/mol. The summed E-state index contributed by atoms with van der Waals surface area (Å²) < 4.78 is 14.5. The van der Waals surface area contributed by atoms with Gasteiger partial charge in [-0.25, -0.2) is 4.39 Å². The van der Waals surface area contributed by atoms with E-state index in [1.165, 1.54) is 23.4 Å². The molecule has 1 unspecified atom stereocenters. The lowest BCUT2D eigenvalue weighted by Gasteiger charge is -2.39. The Morgan fingerprint density at radius 1 is 1.13 bits per heavy atom. The number of carbonyl (C=O) groups is 2. The van der Waals surface area contributed by atoms with E-state index in [4.69, 9.17) is 0 Å². The standard InChI is InChI=1S/C23H28FN3O2S/c1-3-20-18-7-13-30-22(18)6-8-27(20)23(29)15-25-9-11-26(12-10-25)21-5-4-17(16(2)28)14-19(21)24/h4-5,7,13-14,20H,3,6,8-12,15H2,1-2H3. The number of anilines is 1. The van der Waals surface area contributed by atoms with Gasteiger partial charge >= 0.3 is 0 Å². The number of hydrogen-bond acceptors (Lipinski definition) is 5. The minimum Gasteiger partial charge on any atom is -0.367 e. The fourth-order valence-corrected chi connectivity index (χ4v) is 5.47. The monoisotopic (exact) mass is 429 g/mol. The van der Waals surface area contributed by atoms with Crippen molar-refractivity contribution in [3.63, 3.8) is 0 Å². The van der Waals surface area contributed by atoms with Crippen LogP contribution < -0.4 is 4.90 Å². The lowest BCUT2D eigenvalue weighted by molar-refractivity contribution is -0.135. The number of hydrogen-bond donors (Lipinski definition) is 0. The van der Waals surface area contributed by atoms with Gasteiger partial charge in [0.25, 0.3) is 0 Å². The van der Waals surface area contributed by atoms with Crippen LogP contribution in [0.25, 0.3) is 0 Å². The molecule has 1 amide bonds. The quantitative estimate of drug-likeness (QED) is 0.679. The number of fused-ring (bicyclic) bond motifs is 1. The molecule has 2 aromatic rings. The molecule has 160 valence electrons. The molecular weight excluding hydrogens is 401 g/mol. The van der Waals surface area contributed by atoms with Crippen LogP contribution in [0.5, 0.6) is 0 Å². The van der Waals surface area contributed by atoms with Gasteiger partial charge in [-0.05, 0) is 55.0 Å². The van der Waals surface area contributed by atoms with Crippen molar-refractivity contribution < 1.29 is 14.0 Å². The number of benzene rings is 1. The lowest BCUT2D eigenvalue weighted by Crippen LogP contribution is -2.51.